The van der Waals surface area contributed by atoms with Crippen molar-refractivity contribution in [1.82, 2.24) is 5.32 Å². The Morgan fingerprint density at radius 1 is 0.766 bits per heavy atom. The second kappa shape index (κ2) is 25.1. The van der Waals surface area contributed by atoms with E-state index in [0.29, 0.717) is 58.4 Å². The quantitative estimate of drug-likeness (QED) is 0.0946. The van der Waals surface area contributed by atoms with Crippen LogP contribution in [0, 0.1) is 0 Å². The van der Waals surface area contributed by atoms with Crippen LogP contribution >= 0.6 is 0 Å². The van der Waals surface area contributed by atoms with Gasteiger partial charge in [0.1, 0.15) is 35.9 Å². The minimum atomic E-state index is -0.786. The minimum Gasteiger partial charge on any atom is -0.493 e. The number of amides is 1. The van der Waals surface area contributed by atoms with Crippen LogP contribution in [0.3, 0.4) is 0 Å². The Morgan fingerprint density at radius 2 is 1.34 bits per heavy atom. The first-order valence-electron chi connectivity index (χ1n) is 18.7. The van der Waals surface area contributed by atoms with Gasteiger partial charge in [-0.1, -0.05) is 79.7 Å². The molecule has 1 aromatic carbocycles. The molecule has 47 heavy (non-hydrogen) atoms. The summed E-state index contributed by atoms with van der Waals surface area (Å²) < 4.78 is 45.7. The van der Waals surface area contributed by atoms with Gasteiger partial charge in [-0.15, -0.1) is 0 Å². The Morgan fingerprint density at radius 3 is 1.96 bits per heavy atom. The van der Waals surface area contributed by atoms with E-state index in [-0.39, 0.29) is 17.9 Å². The van der Waals surface area contributed by atoms with Crippen LogP contribution in [-0.4, -0.2) is 82.8 Å². The summed E-state index contributed by atoms with van der Waals surface area (Å²) in [5.41, 5.74) is 0.913. The van der Waals surface area contributed by atoms with E-state index >= 15 is 0 Å². The number of hydrogen-bond donors (Lipinski definition) is 1. The molecule has 0 aromatic heterocycles. The topological polar surface area (TPSA) is 93.7 Å². The molecule has 1 aliphatic heterocycles. The van der Waals surface area contributed by atoms with Gasteiger partial charge in [0.15, 0.2) is 0 Å². The Bertz CT molecular complexity index is 946. The summed E-state index contributed by atoms with van der Waals surface area (Å²) in [5.74, 6) is 1.25. The van der Waals surface area contributed by atoms with Crippen molar-refractivity contribution < 1.29 is 38.0 Å². The van der Waals surface area contributed by atoms with Crippen LogP contribution in [0.5, 0.6) is 11.5 Å². The number of unbranched alkanes of at least 4 members (excludes halogenated alkanes) is 5. The van der Waals surface area contributed by atoms with Gasteiger partial charge in [0.05, 0.1) is 13.2 Å². The van der Waals surface area contributed by atoms with Crippen molar-refractivity contribution in [2.45, 2.75) is 156 Å². The fourth-order valence-corrected chi connectivity index (χ4v) is 5.44. The summed E-state index contributed by atoms with van der Waals surface area (Å²) in [6.45, 7) is 18.7. The van der Waals surface area contributed by atoms with Gasteiger partial charge in [-0.25, -0.2) is 0 Å². The lowest BCUT2D eigenvalue weighted by atomic mass is 9.95. The van der Waals surface area contributed by atoms with E-state index in [0.717, 1.165) is 75.5 Å². The van der Waals surface area contributed by atoms with Gasteiger partial charge < -0.3 is 38.5 Å². The average Bonchev–Trinajstić information content (AvgIpc) is 3.05. The third kappa shape index (κ3) is 15.0. The largest absolute Gasteiger partial charge is 0.493 e. The summed E-state index contributed by atoms with van der Waals surface area (Å²) in [5, 5.41) is 2.93. The molecule has 9 heteroatoms. The van der Waals surface area contributed by atoms with Gasteiger partial charge in [-0.05, 0) is 56.6 Å². The standard InChI is InChI=1S/C38H67NO8/c1-8-14-21-41-28-33-35(43-23-16-10-3)36(44-24-17-11-4)37(45-25-18-12-5)38(47-33)46-32-27-30(42-22-15-9-2)19-20-31(32)29(7)26-34(40)39-13-6/h19-20,27,29,33,35-38H,8-18,21-26,28H2,1-7H3,(H,39,40)/t29?,33-,35-,36+,37-,38-/m1/s1. The molecule has 2 rings (SSSR count). The number of hydrogen-bond acceptors (Lipinski definition) is 8. The third-order valence-corrected chi connectivity index (χ3v) is 8.33. The average molecular weight is 666 g/mol. The SMILES string of the molecule is CCCCOC[C@H]1O[C@@H](Oc2cc(OCCCC)ccc2C(C)CC(=O)NCC)[C@H](OCCCC)[C@@H](OCCCC)[C@@H]1OCCCC. The van der Waals surface area contributed by atoms with Crippen molar-refractivity contribution in [1.29, 1.82) is 0 Å². The van der Waals surface area contributed by atoms with Crippen LogP contribution < -0.4 is 14.8 Å². The molecule has 1 N–H and O–H groups in total. The molecular formula is C38H67NO8. The molecule has 1 aliphatic rings. The highest BCUT2D eigenvalue weighted by Crippen LogP contribution is 2.37. The Labute approximate surface area is 286 Å². The van der Waals surface area contributed by atoms with Crippen molar-refractivity contribution >= 4 is 5.91 Å². The third-order valence-electron chi connectivity index (χ3n) is 8.33. The molecular weight excluding hydrogens is 598 g/mol. The predicted molar refractivity (Wildman–Crippen MR) is 188 cm³/mol. The number of carbonyl (C=O) groups is 1. The van der Waals surface area contributed by atoms with Crippen LogP contribution in [0.15, 0.2) is 18.2 Å². The first-order valence-corrected chi connectivity index (χ1v) is 18.7. The molecule has 1 aromatic rings. The van der Waals surface area contributed by atoms with Gasteiger partial charge in [-0.3, -0.25) is 4.79 Å². The van der Waals surface area contributed by atoms with Gasteiger partial charge in [0, 0.05) is 45.5 Å². The second-order valence-corrected chi connectivity index (χ2v) is 12.6. The van der Waals surface area contributed by atoms with Crippen LogP contribution in [0.4, 0.5) is 0 Å². The lowest BCUT2D eigenvalue weighted by Crippen LogP contribution is -2.63. The molecule has 0 radical (unpaired) electrons. The molecule has 1 saturated heterocycles. The number of ether oxygens (including phenoxy) is 7. The molecule has 6 atom stereocenters. The highest BCUT2D eigenvalue weighted by atomic mass is 16.7. The van der Waals surface area contributed by atoms with E-state index in [1.54, 1.807) is 0 Å². The number of rotatable bonds is 27. The maximum absolute atomic E-state index is 12.6. The van der Waals surface area contributed by atoms with Crippen molar-refractivity contribution in [3.8, 4) is 11.5 Å². The van der Waals surface area contributed by atoms with Gasteiger partial charge in [-0.2, -0.15) is 0 Å². The molecule has 1 amide bonds. The number of nitrogens with one attached hydrogen (secondary N) is 1. The first kappa shape index (κ1) is 41.3. The normalized spacial score (nSPS) is 21.8. The molecule has 1 unspecified atom stereocenters. The lowest BCUT2D eigenvalue weighted by Gasteiger charge is -2.46. The molecule has 9 nitrogen and oxygen atoms in total. The van der Waals surface area contributed by atoms with Gasteiger partial charge in [0.2, 0.25) is 12.2 Å². The molecule has 0 aliphatic carbocycles. The maximum Gasteiger partial charge on any atom is 0.229 e. The molecule has 0 spiro atoms. The van der Waals surface area contributed by atoms with E-state index in [9.17, 15) is 4.79 Å². The maximum atomic E-state index is 12.6. The Hall–Kier alpha value is -1.91. The van der Waals surface area contributed by atoms with Gasteiger partial charge >= 0.3 is 0 Å². The highest BCUT2D eigenvalue weighted by molar-refractivity contribution is 5.76. The fourth-order valence-electron chi connectivity index (χ4n) is 5.44. The van der Waals surface area contributed by atoms with E-state index in [2.05, 4.69) is 39.9 Å². The summed E-state index contributed by atoms with van der Waals surface area (Å²) >= 11 is 0. The highest BCUT2D eigenvalue weighted by Gasteiger charge is 2.49. The number of carbonyl (C=O) groups excluding carboxylic acids is 1. The zero-order valence-electron chi connectivity index (χ0n) is 30.7. The smallest absolute Gasteiger partial charge is 0.229 e. The summed E-state index contributed by atoms with van der Waals surface area (Å²) in [6.07, 6.45) is 7.70. The summed E-state index contributed by atoms with van der Waals surface area (Å²) in [7, 11) is 0. The monoisotopic (exact) mass is 665 g/mol. The molecule has 1 heterocycles. The summed E-state index contributed by atoms with van der Waals surface area (Å²) in [4.78, 5) is 12.6. The second-order valence-electron chi connectivity index (χ2n) is 12.6. The lowest BCUT2D eigenvalue weighted by molar-refractivity contribution is -0.304. The Balaban J connectivity index is 2.54. The van der Waals surface area contributed by atoms with Crippen LogP contribution in [0.25, 0.3) is 0 Å². The van der Waals surface area contributed by atoms with E-state index in [4.69, 9.17) is 33.2 Å². The zero-order valence-corrected chi connectivity index (χ0v) is 30.7. The molecule has 1 fully saturated rings. The van der Waals surface area contributed by atoms with Crippen LogP contribution in [0.2, 0.25) is 0 Å². The molecule has 272 valence electrons. The van der Waals surface area contributed by atoms with E-state index < -0.39 is 24.6 Å². The minimum absolute atomic E-state index is 0.00432. The van der Waals surface area contributed by atoms with Crippen molar-refractivity contribution in [2.75, 3.05) is 46.2 Å². The van der Waals surface area contributed by atoms with Crippen molar-refractivity contribution in [3.63, 3.8) is 0 Å². The van der Waals surface area contributed by atoms with Crippen LogP contribution in [0.1, 0.15) is 131 Å². The first-order chi connectivity index (χ1) is 22.9. The predicted octanol–water partition coefficient (Wildman–Crippen LogP) is 7.97. The van der Waals surface area contributed by atoms with Crippen LogP contribution in [-0.2, 0) is 28.5 Å². The van der Waals surface area contributed by atoms with E-state index in [1.807, 2.05) is 32.0 Å². The zero-order chi connectivity index (χ0) is 34.3. The van der Waals surface area contributed by atoms with Gasteiger partial charge in [0.25, 0.3) is 0 Å². The summed E-state index contributed by atoms with van der Waals surface area (Å²) in [6, 6.07) is 5.89. The number of benzene rings is 1. The molecule has 0 bridgehead atoms. The van der Waals surface area contributed by atoms with E-state index in [1.165, 1.54) is 0 Å². The molecule has 0 saturated carbocycles. The Kier molecular flexibility index (Phi) is 22.1. The van der Waals surface area contributed by atoms with Crippen molar-refractivity contribution in [3.05, 3.63) is 23.8 Å². The fraction of sp³-hybridized carbons (Fsp3) is 0.816. The van der Waals surface area contributed by atoms with Crippen molar-refractivity contribution in [2.24, 2.45) is 0 Å².